The third-order valence-electron chi connectivity index (χ3n) is 2.80. The third-order valence-corrected chi connectivity index (χ3v) is 4.25. The van der Waals surface area contributed by atoms with Crippen LogP contribution in [0.2, 0.25) is 10.0 Å². The molecule has 2 aromatic rings. The van der Waals surface area contributed by atoms with Gasteiger partial charge in [-0.3, -0.25) is 4.79 Å². The highest BCUT2D eigenvalue weighted by molar-refractivity contribution is 9.10. The van der Waals surface area contributed by atoms with E-state index in [4.69, 9.17) is 23.2 Å². The molecule has 0 unspecified atom stereocenters. The van der Waals surface area contributed by atoms with Gasteiger partial charge in [-0.1, -0.05) is 45.2 Å². The zero-order valence-corrected chi connectivity index (χ0v) is 14.3. The SMILES string of the molecule is Cc1cc(NC(=O)/C=C/c2ccc(Cl)cc2Cl)ccc1Br. The van der Waals surface area contributed by atoms with E-state index in [1.165, 1.54) is 6.08 Å². The molecule has 1 N–H and O–H groups in total. The number of anilines is 1. The van der Waals surface area contributed by atoms with Gasteiger partial charge in [0.1, 0.15) is 0 Å². The summed E-state index contributed by atoms with van der Waals surface area (Å²) in [5.74, 6) is -0.220. The predicted molar refractivity (Wildman–Crippen MR) is 93.0 cm³/mol. The highest BCUT2D eigenvalue weighted by Gasteiger charge is 2.02. The summed E-state index contributed by atoms with van der Waals surface area (Å²) >= 11 is 15.3. The first-order valence-electron chi connectivity index (χ1n) is 6.16. The van der Waals surface area contributed by atoms with Crippen LogP contribution in [-0.4, -0.2) is 5.91 Å². The summed E-state index contributed by atoms with van der Waals surface area (Å²) < 4.78 is 1.00. The minimum Gasteiger partial charge on any atom is -0.323 e. The van der Waals surface area contributed by atoms with Gasteiger partial charge in [0.15, 0.2) is 0 Å². The van der Waals surface area contributed by atoms with E-state index in [9.17, 15) is 4.79 Å². The number of hydrogen-bond donors (Lipinski definition) is 1. The van der Waals surface area contributed by atoms with Gasteiger partial charge in [0.25, 0.3) is 0 Å². The van der Waals surface area contributed by atoms with Gasteiger partial charge in [0.05, 0.1) is 0 Å². The Labute approximate surface area is 141 Å². The summed E-state index contributed by atoms with van der Waals surface area (Å²) in [7, 11) is 0. The molecule has 0 saturated carbocycles. The fraction of sp³-hybridized carbons (Fsp3) is 0.0625. The summed E-state index contributed by atoms with van der Waals surface area (Å²) in [4.78, 5) is 11.9. The number of aryl methyl sites for hydroxylation is 1. The summed E-state index contributed by atoms with van der Waals surface area (Å²) in [6, 6.07) is 10.7. The molecule has 2 aromatic carbocycles. The summed E-state index contributed by atoms with van der Waals surface area (Å²) in [6.45, 7) is 1.96. The van der Waals surface area contributed by atoms with Crippen LogP contribution in [0.3, 0.4) is 0 Å². The molecule has 108 valence electrons. The number of benzene rings is 2. The Balaban J connectivity index is 2.07. The Hall–Kier alpha value is -1.29. The van der Waals surface area contributed by atoms with Crippen LogP contribution in [0.4, 0.5) is 5.69 Å². The molecule has 2 nitrogen and oxygen atoms in total. The van der Waals surface area contributed by atoms with E-state index in [2.05, 4.69) is 21.2 Å². The lowest BCUT2D eigenvalue weighted by Gasteiger charge is -2.05. The molecule has 0 aliphatic carbocycles. The molecule has 1 amide bonds. The van der Waals surface area contributed by atoms with E-state index >= 15 is 0 Å². The van der Waals surface area contributed by atoms with Crippen molar-refractivity contribution in [3.63, 3.8) is 0 Å². The molecule has 5 heteroatoms. The smallest absolute Gasteiger partial charge is 0.248 e. The standard InChI is InChI=1S/C16H12BrCl2NO/c1-10-8-13(5-6-14(10)17)20-16(21)7-3-11-2-4-12(18)9-15(11)19/h2-9H,1H3,(H,20,21)/b7-3+. The number of halogens is 3. The van der Waals surface area contributed by atoms with Crippen molar-refractivity contribution in [2.45, 2.75) is 6.92 Å². The Kier molecular flexibility index (Phi) is 5.45. The van der Waals surface area contributed by atoms with E-state index < -0.39 is 0 Å². The number of nitrogens with one attached hydrogen (secondary N) is 1. The van der Waals surface area contributed by atoms with Gasteiger partial charge >= 0.3 is 0 Å². The van der Waals surface area contributed by atoms with Gasteiger partial charge in [0, 0.05) is 26.3 Å². The maximum absolute atomic E-state index is 11.9. The maximum atomic E-state index is 11.9. The lowest BCUT2D eigenvalue weighted by Crippen LogP contribution is -2.07. The fourth-order valence-corrected chi connectivity index (χ4v) is 2.43. The Morgan fingerprint density at radius 3 is 2.62 bits per heavy atom. The van der Waals surface area contributed by atoms with Crippen molar-refractivity contribution < 1.29 is 4.79 Å². The molecule has 0 aromatic heterocycles. The summed E-state index contributed by atoms with van der Waals surface area (Å²) in [6.07, 6.45) is 3.09. The van der Waals surface area contributed by atoms with Crippen LogP contribution in [-0.2, 0) is 4.79 Å². The molecule has 0 fully saturated rings. The molecule has 0 aliphatic heterocycles. The van der Waals surface area contributed by atoms with Gasteiger partial charge in [-0.2, -0.15) is 0 Å². The van der Waals surface area contributed by atoms with Gasteiger partial charge in [-0.05, 0) is 54.5 Å². The lowest BCUT2D eigenvalue weighted by molar-refractivity contribution is -0.111. The largest absolute Gasteiger partial charge is 0.323 e. The second-order valence-electron chi connectivity index (χ2n) is 4.45. The van der Waals surface area contributed by atoms with Gasteiger partial charge in [0.2, 0.25) is 5.91 Å². The number of rotatable bonds is 3. The van der Waals surface area contributed by atoms with E-state index in [0.717, 1.165) is 21.3 Å². The summed E-state index contributed by atoms with van der Waals surface area (Å²) in [5, 5.41) is 3.86. The van der Waals surface area contributed by atoms with Crippen LogP contribution in [0.25, 0.3) is 6.08 Å². The molecule has 0 bridgehead atoms. The van der Waals surface area contributed by atoms with Crippen molar-refractivity contribution in [2.75, 3.05) is 5.32 Å². The average Bonchev–Trinajstić information content (AvgIpc) is 2.42. The first-order valence-corrected chi connectivity index (χ1v) is 7.71. The molecular formula is C16H12BrCl2NO. The Morgan fingerprint density at radius 2 is 1.95 bits per heavy atom. The topological polar surface area (TPSA) is 29.1 Å². The van der Waals surface area contributed by atoms with Crippen molar-refractivity contribution in [3.8, 4) is 0 Å². The molecule has 0 saturated heterocycles. The second kappa shape index (κ2) is 7.12. The predicted octanol–water partition coefficient (Wildman–Crippen LogP) is 5.72. The monoisotopic (exact) mass is 383 g/mol. The van der Waals surface area contributed by atoms with Crippen LogP contribution in [0.1, 0.15) is 11.1 Å². The number of carbonyl (C=O) groups excluding carboxylic acids is 1. The highest BCUT2D eigenvalue weighted by atomic mass is 79.9. The number of hydrogen-bond acceptors (Lipinski definition) is 1. The van der Waals surface area contributed by atoms with E-state index in [0.29, 0.717) is 10.0 Å². The molecule has 0 spiro atoms. The van der Waals surface area contributed by atoms with Gasteiger partial charge in [-0.15, -0.1) is 0 Å². The second-order valence-corrected chi connectivity index (χ2v) is 6.15. The molecule has 21 heavy (non-hydrogen) atoms. The van der Waals surface area contributed by atoms with Crippen LogP contribution in [0.15, 0.2) is 46.9 Å². The number of amides is 1. The molecule has 0 aliphatic rings. The van der Waals surface area contributed by atoms with Crippen LogP contribution in [0.5, 0.6) is 0 Å². The normalized spacial score (nSPS) is 10.9. The summed E-state index contributed by atoms with van der Waals surface area (Å²) in [5.41, 5.74) is 2.54. The first-order chi connectivity index (χ1) is 9.95. The Bertz CT molecular complexity index is 713. The van der Waals surface area contributed by atoms with Crippen molar-refractivity contribution in [1.82, 2.24) is 0 Å². The molecule has 0 radical (unpaired) electrons. The lowest BCUT2D eigenvalue weighted by atomic mass is 10.2. The Morgan fingerprint density at radius 1 is 1.19 bits per heavy atom. The zero-order chi connectivity index (χ0) is 15.4. The van der Waals surface area contributed by atoms with Crippen molar-refractivity contribution in [1.29, 1.82) is 0 Å². The van der Waals surface area contributed by atoms with Gasteiger partial charge in [-0.25, -0.2) is 0 Å². The quantitative estimate of drug-likeness (QED) is 0.674. The molecule has 2 rings (SSSR count). The van der Waals surface area contributed by atoms with Crippen LogP contribution >= 0.6 is 39.1 Å². The molecule has 0 atom stereocenters. The average molecular weight is 385 g/mol. The van der Waals surface area contributed by atoms with Crippen LogP contribution in [0, 0.1) is 6.92 Å². The van der Waals surface area contributed by atoms with Gasteiger partial charge < -0.3 is 5.32 Å². The maximum Gasteiger partial charge on any atom is 0.248 e. The zero-order valence-electron chi connectivity index (χ0n) is 11.2. The first kappa shape index (κ1) is 16.1. The molecular weight excluding hydrogens is 373 g/mol. The van der Waals surface area contributed by atoms with E-state index in [-0.39, 0.29) is 5.91 Å². The van der Waals surface area contributed by atoms with E-state index in [1.54, 1.807) is 24.3 Å². The van der Waals surface area contributed by atoms with Crippen molar-refractivity contribution in [2.24, 2.45) is 0 Å². The van der Waals surface area contributed by atoms with Crippen molar-refractivity contribution in [3.05, 3.63) is 68.1 Å². The van der Waals surface area contributed by atoms with Crippen molar-refractivity contribution >= 4 is 56.8 Å². The minimum absolute atomic E-state index is 0.220. The highest BCUT2D eigenvalue weighted by Crippen LogP contribution is 2.22. The number of carbonyl (C=O) groups is 1. The minimum atomic E-state index is -0.220. The van der Waals surface area contributed by atoms with Crippen LogP contribution < -0.4 is 5.32 Å². The fourth-order valence-electron chi connectivity index (χ4n) is 1.71. The van der Waals surface area contributed by atoms with E-state index in [1.807, 2.05) is 25.1 Å². The third kappa shape index (κ3) is 4.60. The molecule has 0 heterocycles.